The van der Waals surface area contributed by atoms with Crippen molar-refractivity contribution < 1.29 is 4.42 Å². The summed E-state index contributed by atoms with van der Waals surface area (Å²) in [7, 11) is 0. The summed E-state index contributed by atoms with van der Waals surface area (Å²) in [6.45, 7) is 4.13. The molecule has 3 aromatic heterocycles. The van der Waals surface area contributed by atoms with Gasteiger partial charge in [-0.05, 0) is 30.7 Å². The van der Waals surface area contributed by atoms with Crippen molar-refractivity contribution in [3.63, 3.8) is 0 Å². The molecule has 3 heterocycles. The summed E-state index contributed by atoms with van der Waals surface area (Å²) in [4.78, 5) is 11.6. The lowest BCUT2D eigenvalue weighted by Gasteiger charge is -2.18. The van der Waals surface area contributed by atoms with Gasteiger partial charge < -0.3 is 4.42 Å². The number of hydrogen-bond acceptors (Lipinski definition) is 7. The van der Waals surface area contributed by atoms with Crippen LogP contribution in [-0.4, -0.2) is 20.2 Å². The largest absolute Gasteiger partial charge is 0.425 e. The second-order valence-electron chi connectivity index (χ2n) is 5.71. The maximum atomic E-state index is 5.44. The molecule has 1 aliphatic rings. The maximum absolute atomic E-state index is 5.44. The van der Waals surface area contributed by atoms with Crippen LogP contribution in [0.1, 0.15) is 35.6 Å². The topological polar surface area (TPSA) is 64.7 Å². The van der Waals surface area contributed by atoms with E-state index in [2.05, 4.69) is 27.1 Å². The third-order valence-electron chi connectivity index (χ3n) is 3.96. The van der Waals surface area contributed by atoms with Crippen molar-refractivity contribution >= 4 is 33.3 Å². The molecule has 1 atom stereocenters. The van der Waals surface area contributed by atoms with Gasteiger partial charge in [0.25, 0.3) is 0 Å². The van der Waals surface area contributed by atoms with Gasteiger partial charge in [0.1, 0.15) is 16.2 Å². The molecule has 7 heteroatoms. The summed E-state index contributed by atoms with van der Waals surface area (Å²) in [6, 6.07) is 0. The molecule has 0 saturated heterocycles. The number of nitrogens with zero attached hydrogens (tertiary/aromatic N) is 4. The van der Waals surface area contributed by atoms with Crippen molar-refractivity contribution in [1.82, 2.24) is 20.2 Å². The Labute approximate surface area is 136 Å². The highest BCUT2D eigenvalue weighted by Crippen LogP contribution is 2.40. The third kappa shape index (κ3) is 2.52. The predicted octanol–water partition coefficient (Wildman–Crippen LogP) is 3.80. The molecule has 0 radical (unpaired) electrons. The molecule has 0 fully saturated rings. The first kappa shape index (κ1) is 14.1. The normalized spacial score (nSPS) is 17.8. The summed E-state index contributed by atoms with van der Waals surface area (Å²) in [5.41, 5.74) is 1.46. The number of fused-ring (bicyclic) bond motifs is 3. The third-order valence-corrected chi connectivity index (χ3v) is 6.09. The zero-order valence-corrected chi connectivity index (χ0v) is 14.1. The number of aryl methyl sites for hydroxylation is 2. The lowest BCUT2D eigenvalue weighted by Crippen LogP contribution is -2.08. The Morgan fingerprint density at radius 3 is 3.09 bits per heavy atom. The summed E-state index contributed by atoms with van der Waals surface area (Å²) >= 11 is 3.48. The van der Waals surface area contributed by atoms with E-state index in [-0.39, 0.29) is 0 Å². The Bertz CT molecular complexity index is 826. The van der Waals surface area contributed by atoms with Gasteiger partial charge in [0, 0.05) is 17.2 Å². The molecule has 0 N–H and O–H groups in total. The number of hydrogen-bond donors (Lipinski definition) is 0. The van der Waals surface area contributed by atoms with E-state index in [1.54, 1.807) is 25.0 Å². The Hall–Kier alpha value is -1.47. The van der Waals surface area contributed by atoms with Crippen LogP contribution < -0.4 is 0 Å². The van der Waals surface area contributed by atoms with Crippen LogP contribution >= 0.6 is 23.1 Å². The minimum Gasteiger partial charge on any atom is -0.425 e. The molecular formula is C15H16N4OS2. The van der Waals surface area contributed by atoms with E-state index in [9.17, 15) is 0 Å². The second-order valence-corrected chi connectivity index (χ2v) is 7.76. The minimum absolute atomic E-state index is 0.602. The highest BCUT2D eigenvalue weighted by atomic mass is 32.2. The average molecular weight is 332 g/mol. The molecule has 22 heavy (non-hydrogen) atoms. The molecule has 1 aliphatic carbocycles. The minimum atomic E-state index is 0.602. The summed E-state index contributed by atoms with van der Waals surface area (Å²) < 4.78 is 5.44. The van der Waals surface area contributed by atoms with Gasteiger partial charge in [-0.3, -0.25) is 0 Å². The molecular weight excluding hydrogens is 316 g/mol. The van der Waals surface area contributed by atoms with Gasteiger partial charge in [0.05, 0.1) is 5.75 Å². The molecule has 3 aromatic rings. The van der Waals surface area contributed by atoms with Crippen molar-refractivity contribution in [1.29, 1.82) is 0 Å². The molecule has 5 nitrogen and oxygen atoms in total. The summed E-state index contributed by atoms with van der Waals surface area (Å²) in [5.74, 6) is 2.66. The van der Waals surface area contributed by atoms with Crippen LogP contribution in [0.2, 0.25) is 0 Å². The summed E-state index contributed by atoms with van der Waals surface area (Å²) in [6.07, 6.45) is 5.22. The molecule has 0 saturated carbocycles. The highest BCUT2D eigenvalue weighted by Gasteiger charge is 2.23. The average Bonchev–Trinajstić information content (AvgIpc) is 3.07. The summed E-state index contributed by atoms with van der Waals surface area (Å²) in [5, 5.41) is 10.2. The number of aromatic nitrogens is 4. The molecule has 0 aliphatic heterocycles. The van der Waals surface area contributed by atoms with Crippen LogP contribution in [0, 0.1) is 12.8 Å². The van der Waals surface area contributed by atoms with Gasteiger partial charge in [0.15, 0.2) is 0 Å². The fourth-order valence-corrected chi connectivity index (χ4v) is 5.16. The molecule has 0 spiro atoms. The predicted molar refractivity (Wildman–Crippen MR) is 87.2 cm³/mol. The molecule has 0 aromatic carbocycles. The first-order chi connectivity index (χ1) is 10.7. The van der Waals surface area contributed by atoms with E-state index in [4.69, 9.17) is 4.42 Å². The lowest BCUT2D eigenvalue weighted by molar-refractivity contribution is 0.485. The van der Waals surface area contributed by atoms with Gasteiger partial charge in [-0.15, -0.1) is 21.5 Å². The number of thioether (sulfide) groups is 1. The van der Waals surface area contributed by atoms with Crippen LogP contribution in [0.3, 0.4) is 0 Å². The highest BCUT2D eigenvalue weighted by molar-refractivity contribution is 7.98. The molecule has 0 amide bonds. The van der Waals surface area contributed by atoms with Gasteiger partial charge >= 0.3 is 0 Å². The van der Waals surface area contributed by atoms with Crippen LogP contribution in [0.15, 0.2) is 15.8 Å². The van der Waals surface area contributed by atoms with E-state index in [0.717, 1.165) is 22.2 Å². The first-order valence-corrected chi connectivity index (χ1v) is 9.18. The second kappa shape index (κ2) is 5.62. The standard InChI is InChI=1S/C15H16N4OS2/c1-8-3-4-10-11(5-8)22-15-13(10)14(16-7-17-15)21-6-12-19-18-9(2)20-12/h7-8H,3-6H2,1-2H3/t8-/m0/s1. The Morgan fingerprint density at radius 2 is 2.27 bits per heavy atom. The molecule has 0 unspecified atom stereocenters. The maximum Gasteiger partial charge on any atom is 0.226 e. The van der Waals surface area contributed by atoms with Crippen molar-refractivity contribution in [3.8, 4) is 0 Å². The number of thiophene rings is 1. The monoisotopic (exact) mass is 332 g/mol. The van der Waals surface area contributed by atoms with E-state index >= 15 is 0 Å². The smallest absolute Gasteiger partial charge is 0.226 e. The van der Waals surface area contributed by atoms with Gasteiger partial charge in [-0.2, -0.15) is 0 Å². The first-order valence-electron chi connectivity index (χ1n) is 7.37. The molecule has 4 rings (SSSR count). The Kier molecular flexibility index (Phi) is 3.62. The van der Waals surface area contributed by atoms with Crippen molar-refractivity contribution in [2.45, 2.75) is 43.9 Å². The van der Waals surface area contributed by atoms with Gasteiger partial charge in [-0.1, -0.05) is 18.7 Å². The fraction of sp³-hybridized carbons (Fsp3) is 0.467. The van der Waals surface area contributed by atoms with Crippen molar-refractivity contribution in [3.05, 3.63) is 28.5 Å². The SMILES string of the molecule is Cc1nnc(CSc2ncnc3sc4c(c23)CC[C@H](C)C4)o1. The fourth-order valence-electron chi connectivity index (χ4n) is 2.88. The lowest BCUT2D eigenvalue weighted by atomic mass is 9.89. The van der Waals surface area contributed by atoms with Crippen LogP contribution in [0.25, 0.3) is 10.2 Å². The van der Waals surface area contributed by atoms with Crippen molar-refractivity contribution in [2.24, 2.45) is 5.92 Å². The Balaban J connectivity index is 1.68. The van der Waals surface area contributed by atoms with Crippen molar-refractivity contribution in [2.75, 3.05) is 0 Å². The Morgan fingerprint density at radius 1 is 1.36 bits per heavy atom. The van der Waals surface area contributed by atoms with Gasteiger partial charge in [-0.25, -0.2) is 9.97 Å². The van der Waals surface area contributed by atoms with E-state index < -0.39 is 0 Å². The number of rotatable bonds is 3. The van der Waals surface area contributed by atoms with Crippen LogP contribution in [0.4, 0.5) is 0 Å². The molecule has 0 bridgehead atoms. The quantitative estimate of drug-likeness (QED) is 0.537. The van der Waals surface area contributed by atoms with Crippen LogP contribution in [0.5, 0.6) is 0 Å². The molecule has 114 valence electrons. The van der Waals surface area contributed by atoms with E-state index in [0.29, 0.717) is 17.5 Å². The van der Waals surface area contributed by atoms with E-state index in [1.807, 2.05) is 11.3 Å². The van der Waals surface area contributed by atoms with E-state index in [1.165, 1.54) is 28.7 Å². The zero-order valence-electron chi connectivity index (χ0n) is 12.5. The van der Waals surface area contributed by atoms with Gasteiger partial charge in [0.2, 0.25) is 11.8 Å². The zero-order chi connectivity index (χ0) is 15.1. The van der Waals surface area contributed by atoms with Crippen LogP contribution in [-0.2, 0) is 18.6 Å².